The van der Waals surface area contributed by atoms with Gasteiger partial charge in [-0.3, -0.25) is 14.7 Å². The maximum absolute atomic E-state index is 12.3. The molecule has 3 fully saturated rings. The van der Waals surface area contributed by atoms with Crippen molar-refractivity contribution in [2.24, 2.45) is 16.8 Å². The Morgan fingerprint density at radius 3 is 2.33 bits per heavy atom. The lowest BCUT2D eigenvalue weighted by Gasteiger charge is -2.38. The van der Waals surface area contributed by atoms with Crippen molar-refractivity contribution in [2.75, 3.05) is 45.8 Å². The number of aliphatic imine (C=N–C) groups is 1. The molecule has 1 heterocycles. The minimum absolute atomic E-state index is 0.331. The van der Waals surface area contributed by atoms with Gasteiger partial charge in [0.2, 0.25) is 5.91 Å². The molecular formula is C21H39N5O. The maximum atomic E-state index is 12.3. The van der Waals surface area contributed by atoms with E-state index < -0.39 is 0 Å². The molecule has 2 N–H and O–H groups in total. The fraction of sp³-hybridized carbons (Fsp3) is 0.905. The molecule has 2 aliphatic carbocycles. The third-order valence-corrected chi connectivity index (χ3v) is 6.53. The van der Waals surface area contributed by atoms with Gasteiger partial charge in [-0.25, -0.2) is 0 Å². The van der Waals surface area contributed by atoms with Crippen LogP contribution < -0.4 is 10.6 Å². The second-order valence-corrected chi connectivity index (χ2v) is 8.66. The fourth-order valence-electron chi connectivity index (χ4n) is 4.33. The zero-order chi connectivity index (χ0) is 19.1. The van der Waals surface area contributed by atoms with Gasteiger partial charge >= 0.3 is 0 Å². The summed E-state index contributed by atoms with van der Waals surface area (Å²) in [4.78, 5) is 21.7. The first kappa shape index (κ1) is 20.4. The molecule has 1 aliphatic heterocycles. The van der Waals surface area contributed by atoms with Gasteiger partial charge in [-0.1, -0.05) is 13.3 Å². The lowest BCUT2D eigenvalue weighted by atomic mass is 9.84. The molecule has 154 valence electrons. The van der Waals surface area contributed by atoms with E-state index in [1.807, 2.05) is 0 Å². The number of nitrogens with one attached hydrogen (secondary N) is 2. The van der Waals surface area contributed by atoms with Crippen LogP contribution in [0.2, 0.25) is 0 Å². The number of rotatable bonds is 6. The molecule has 3 aliphatic rings. The highest BCUT2D eigenvalue weighted by atomic mass is 16.2. The lowest BCUT2D eigenvalue weighted by molar-refractivity contribution is -0.139. The van der Waals surface area contributed by atoms with E-state index >= 15 is 0 Å². The molecule has 2 saturated carbocycles. The van der Waals surface area contributed by atoms with Gasteiger partial charge < -0.3 is 15.5 Å². The van der Waals surface area contributed by atoms with Gasteiger partial charge in [0.05, 0.1) is 6.54 Å². The second-order valence-electron chi connectivity index (χ2n) is 8.66. The van der Waals surface area contributed by atoms with Crippen LogP contribution in [0.4, 0.5) is 0 Å². The Labute approximate surface area is 165 Å². The fourth-order valence-corrected chi connectivity index (χ4v) is 4.33. The summed E-state index contributed by atoms with van der Waals surface area (Å²) in [6, 6.07) is 0.570. The highest BCUT2D eigenvalue weighted by molar-refractivity contribution is 5.80. The first-order chi connectivity index (χ1) is 13.2. The van der Waals surface area contributed by atoms with Crippen LogP contribution in [-0.2, 0) is 4.79 Å². The number of nitrogens with zero attached hydrogens (tertiary/aromatic N) is 3. The van der Waals surface area contributed by atoms with Crippen molar-refractivity contribution >= 4 is 11.9 Å². The molecule has 0 aromatic carbocycles. The van der Waals surface area contributed by atoms with E-state index in [2.05, 4.69) is 34.3 Å². The Balaban J connectivity index is 1.37. The van der Waals surface area contributed by atoms with Gasteiger partial charge in [-0.15, -0.1) is 0 Å². The predicted octanol–water partition coefficient (Wildman–Crippen LogP) is 2.06. The van der Waals surface area contributed by atoms with Crippen LogP contribution >= 0.6 is 0 Å². The molecule has 6 heteroatoms. The average Bonchev–Trinajstić information content (AvgIpc) is 2.63. The summed E-state index contributed by atoms with van der Waals surface area (Å²) < 4.78 is 0. The van der Waals surface area contributed by atoms with Crippen LogP contribution in [0.5, 0.6) is 0 Å². The largest absolute Gasteiger partial charge is 0.357 e. The van der Waals surface area contributed by atoms with Crippen molar-refractivity contribution in [1.29, 1.82) is 0 Å². The number of hydrogen-bond acceptors (Lipinski definition) is 3. The second kappa shape index (κ2) is 10.3. The molecule has 0 unspecified atom stereocenters. The van der Waals surface area contributed by atoms with Gasteiger partial charge in [0.1, 0.15) is 0 Å². The van der Waals surface area contributed by atoms with Gasteiger partial charge in [-0.2, -0.15) is 0 Å². The van der Waals surface area contributed by atoms with Crippen LogP contribution in [-0.4, -0.2) is 73.5 Å². The van der Waals surface area contributed by atoms with Crippen molar-refractivity contribution in [3.05, 3.63) is 0 Å². The lowest BCUT2D eigenvalue weighted by Crippen LogP contribution is -2.51. The van der Waals surface area contributed by atoms with Crippen LogP contribution in [0.3, 0.4) is 0 Å². The van der Waals surface area contributed by atoms with Crippen molar-refractivity contribution in [2.45, 2.75) is 64.8 Å². The van der Waals surface area contributed by atoms with Crippen molar-refractivity contribution < 1.29 is 4.79 Å². The summed E-state index contributed by atoms with van der Waals surface area (Å²) in [5, 5.41) is 7.02. The molecule has 3 rings (SSSR count). The van der Waals surface area contributed by atoms with Gasteiger partial charge in [0, 0.05) is 51.2 Å². The SMILES string of the molecule is CCNC(=NCCN1CCN(C(=O)C2CCC2)CC1)NC1CCC(C)CC1. The molecule has 0 bridgehead atoms. The Morgan fingerprint density at radius 2 is 1.74 bits per heavy atom. The van der Waals surface area contributed by atoms with Gasteiger partial charge in [-0.05, 0) is 51.4 Å². The van der Waals surface area contributed by atoms with E-state index in [0.717, 1.165) is 70.5 Å². The van der Waals surface area contributed by atoms with Gasteiger partial charge in [0.25, 0.3) is 0 Å². The molecule has 0 atom stereocenters. The third kappa shape index (κ3) is 6.09. The molecular weight excluding hydrogens is 338 g/mol. The zero-order valence-electron chi connectivity index (χ0n) is 17.4. The highest BCUT2D eigenvalue weighted by Gasteiger charge is 2.31. The number of guanidine groups is 1. The van der Waals surface area contributed by atoms with Crippen LogP contribution in [0, 0.1) is 11.8 Å². The molecule has 0 aromatic heterocycles. The Bertz CT molecular complexity index is 489. The Morgan fingerprint density at radius 1 is 1.04 bits per heavy atom. The summed E-state index contributed by atoms with van der Waals surface area (Å²) in [6.45, 7) is 10.9. The van der Waals surface area contributed by atoms with Crippen LogP contribution in [0.1, 0.15) is 58.8 Å². The molecule has 0 aromatic rings. The molecule has 6 nitrogen and oxygen atoms in total. The van der Waals surface area contributed by atoms with E-state index in [4.69, 9.17) is 4.99 Å². The van der Waals surface area contributed by atoms with Crippen molar-refractivity contribution in [3.63, 3.8) is 0 Å². The maximum Gasteiger partial charge on any atom is 0.225 e. The summed E-state index contributed by atoms with van der Waals surface area (Å²) >= 11 is 0. The molecule has 27 heavy (non-hydrogen) atoms. The van der Waals surface area contributed by atoms with Crippen molar-refractivity contribution in [3.8, 4) is 0 Å². The molecule has 0 spiro atoms. The van der Waals surface area contributed by atoms with Crippen molar-refractivity contribution in [1.82, 2.24) is 20.4 Å². The number of piperazine rings is 1. The first-order valence-corrected chi connectivity index (χ1v) is 11.2. The number of carbonyl (C=O) groups is 1. The van der Waals surface area contributed by atoms with E-state index in [0.29, 0.717) is 17.9 Å². The summed E-state index contributed by atoms with van der Waals surface area (Å²) in [7, 11) is 0. The van der Waals surface area contributed by atoms with E-state index in [9.17, 15) is 4.79 Å². The normalized spacial score (nSPS) is 27.9. The van der Waals surface area contributed by atoms with Crippen LogP contribution in [0.15, 0.2) is 4.99 Å². The Hall–Kier alpha value is -1.30. The summed E-state index contributed by atoms with van der Waals surface area (Å²) in [6.07, 6.45) is 8.59. The average molecular weight is 378 g/mol. The molecule has 1 saturated heterocycles. The Kier molecular flexibility index (Phi) is 7.80. The smallest absolute Gasteiger partial charge is 0.225 e. The molecule has 1 amide bonds. The highest BCUT2D eigenvalue weighted by Crippen LogP contribution is 2.28. The third-order valence-electron chi connectivity index (χ3n) is 6.53. The minimum Gasteiger partial charge on any atom is -0.357 e. The summed E-state index contributed by atoms with van der Waals surface area (Å²) in [5.74, 6) is 2.57. The van der Waals surface area contributed by atoms with Gasteiger partial charge in [0.15, 0.2) is 5.96 Å². The van der Waals surface area contributed by atoms with E-state index in [1.165, 1.54) is 32.1 Å². The quantitative estimate of drug-likeness (QED) is 0.549. The standard InChI is InChI=1S/C21H39N5O/c1-3-22-21(24-19-9-7-17(2)8-10-19)23-11-12-25-13-15-26(16-14-25)20(27)18-5-4-6-18/h17-19H,3-16H2,1-2H3,(H2,22,23,24). The topological polar surface area (TPSA) is 60.0 Å². The summed E-state index contributed by atoms with van der Waals surface area (Å²) in [5.41, 5.74) is 0. The number of amides is 1. The number of carbonyl (C=O) groups excluding carboxylic acids is 1. The first-order valence-electron chi connectivity index (χ1n) is 11.2. The zero-order valence-corrected chi connectivity index (χ0v) is 17.4. The predicted molar refractivity (Wildman–Crippen MR) is 111 cm³/mol. The number of hydrogen-bond donors (Lipinski definition) is 2. The van der Waals surface area contributed by atoms with E-state index in [-0.39, 0.29) is 0 Å². The molecule has 0 radical (unpaired) electrons. The van der Waals surface area contributed by atoms with Crippen LogP contribution in [0.25, 0.3) is 0 Å². The van der Waals surface area contributed by atoms with E-state index in [1.54, 1.807) is 0 Å². The monoisotopic (exact) mass is 377 g/mol. The minimum atomic E-state index is 0.331.